The van der Waals surface area contributed by atoms with E-state index in [-0.39, 0.29) is 36.1 Å². The average molecular weight is 484 g/mol. The van der Waals surface area contributed by atoms with E-state index >= 15 is 0 Å². The summed E-state index contributed by atoms with van der Waals surface area (Å²) in [6.07, 6.45) is 9.35. The SMILES string of the molecule is O=C(CCNC(=O)NC12CC3CC(CC(C3)C1)C2)NCC1(c2ccc3c(c2)OCO3)CCOCC1. The molecule has 0 unspecified atom stereocenters. The van der Waals surface area contributed by atoms with Crippen molar-refractivity contribution in [2.75, 3.05) is 33.1 Å². The Hall–Kier alpha value is -2.48. The lowest BCUT2D eigenvalue weighted by Gasteiger charge is -2.56. The maximum absolute atomic E-state index is 12.7. The number of carbonyl (C=O) groups is 2. The highest BCUT2D eigenvalue weighted by molar-refractivity contribution is 5.78. The van der Waals surface area contributed by atoms with Gasteiger partial charge in [0.05, 0.1) is 0 Å². The molecule has 6 aliphatic rings. The summed E-state index contributed by atoms with van der Waals surface area (Å²) in [4.78, 5) is 25.3. The van der Waals surface area contributed by atoms with Gasteiger partial charge < -0.3 is 30.2 Å². The van der Waals surface area contributed by atoms with Crippen LogP contribution in [0.5, 0.6) is 11.5 Å². The molecule has 8 nitrogen and oxygen atoms in total. The van der Waals surface area contributed by atoms with Crippen LogP contribution in [0.1, 0.15) is 63.4 Å². The number of benzene rings is 1. The van der Waals surface area contributed by atoms with E-state index in [0.29, 0.717) is 26.3 Å². The van der Waals surface area contributed by atoms with Gasteiger partial charge in [-0.1, -0.05) is 6.07 Å². The molecule has 4 saturated carbocycles. The number of carbonyl (C=O) groups excluding carboxylic acids is 2. The van der Waals surface area contributed by atoms with Crippen molar-refractivity contribution < 1.29 is 23.8 Å². The van der Waals surface area contributed by atoms with Crippen molar-refractivity contribution in [3.05, 3.63) is 23.8 Å². The molecule has 0 atom stereocenters. The number of hydrogen-bond acceptors (Lipinski definition) is 5. The molecule has 1 aromatic rings. The Balaban J connectivity index is 0.992. The van der Waals surface area contributed by atoms with E-state index in [1.807, 2.05) is 12.1 Å². The Morgan fingerprint density at radius 2 is 1.60 bits per heavy atom. The molecule has 0 radical (unpaired) electrons. The molecule has 2 aliphatic heterocycles. The van der Waals surface area contributed by atoms with Crippen molar-refractivity contribution in [3.63, 3.8) is 0 Å². The second-order valence-corrected chi connectivity index (χ2v) is 11.6. The quantitative estimate of drug-likeness (QED) is 0.553. The minimum absolute atomic E-state index is 0.0128. The lowest BCUT2D eigenvalue weighted by atomic mass is 9.53. The average Bonchev–Trinajstić information content (AvgIpc) is 3.30. The van der Waals surface area contributed by atoms with Crippen LogP contribution in [0.15, 0.2) is 18.2 Å². The zero-order chi connectivity index (χ0) is 23.9. The Morgan fingerprint density at radius 1 is 0.914 bits per heavy atom. The molecular weight excluding hydrogens is 446 g/mol. The molecule has 3 N–H and O–H groups in total. The van der Waals surface area contributed by atoms with Gasteiger partial charge in [0.25, 0.3) is 0 Å². The third-order valence-electron chi connectivity index (χ3n) is 9.11. The summed E-state index contributed by atoms with van der Waals surface area (Å²) in [6.45, 7) is 2.44. The normalized spacial score (nSPS) is 31.7. The van der Waals surface area contributed by atoms with Crippen molar-refractivity contribution in [3.8, 4) is 11.5 Å². The lowest BCUT2D eigenvalue weighted by molar-refractivity contribution is -0.121. The largest absolute Gasteiger partial charge is 0.454 e. The molecule has 5 fully saturated rings. The fourth-order valence-corrected chi connectivity index (χ4v) is 7.75. The minimum Gasteiger partial charge on any atom is -0.454 e. The second kappa shape index (κ2) is 9.19. The number of nitrogens with one attached hydrogen (secondary N) is 3. The third-order valence-corrected chi connectivity index (χ3v) is 9.11. The van der Waals surface area contributed by atoms with Gasteiger partial charge in [0.2, 0.25) is 12.7 Å². The standard InChI is InChI=1S/C27H37N3O5/c31-24(3-6-28-25(32)30-27-13-18-9-19(14-27)11-20(10-18)15-27)29-16-26(4-7-33-8-5-26)21-1-2-22-23(12-21)35-17-34-22/h1-2,12,18-20H,3-11,13-17H2,(H,29,31)(H2,28,30,32). The predicted molar refractivity (Wildman–Crippen MR) is 129 cm³/mol. The predicted octanol–water partition coefficient (Wildman–Crippen LogP) is 3.24. The van der Waals surface area contributed by atoms with Crippen molar-refractivity contribution in [1.29, 1.82) is 0 Å². The van der Waals surface area contributed by atoms with Gasteiger partial charge in [-0.25, -0.2) is 4.79 Å². The highest BCUT2D eigenvalue weighted by atomic mass is 16.7. The highest BCUT2D eigenvalue weighted by Gasteiger charge is 2.51. The number of ether oxygens (including phenoxy) is 3. The van der Waals surface area contributed by atoms with Crippen molar-refractivity contribution in [2.45, 2.75) is 68.7 Å². The Kier molecular flexibility index (Phi) is 6.03. The number of urea groups is 1. The summed E-state index contributed by atoms with van der Waals surface area (Å²) in [5, 5.41) is 9.37. The van der Waals surface area contributed by atoms with E-state index in [1.54, 1.807) is 0 Å². The summed E-state index contributed by atoms with van der Waals surface area (Å²) in [5.41, 5.74) is 0.928. The second-order valence-electron chi connectivity index (χ2n) is 11.6. The van der Waals surface area contributed by atoms with Crippen LogP contribution in [0.25, 0.3) is 0 Å². The molecule has 7 rings (SSSR count). The molecule has 190 valence electrons. The van der Waals surface area contributed by atoms with Gasteiger partial charge in [0.1, 0.15) is 0 Å². The first-order valence-electron chi connectivity index (χ1n) is 13.3. The summed E-state index contributed by atoms with van der Waals surface area (Å²) in [6, 6.07) is 5.93. The van der Waals surface area contributed by atoms with Crippen molar-refractivity contribution in [1.82, 2.24) is 16.0 Å². The van der Waals surface area contributed by atoms with Crippen molar-refractivity contribution >= 4 is 11.9 Å². The summed E-state index contributed by atoms with van der Waals surface area (Å²) < 4.78 is 16.6. The number of amides is 3. The Morgan fingerprint density at radius 3 is 2.31 bits per heavy atom. The number of rotatable bonds is 7. The van der Waals surface area contributed by atoms with Crippen LogP contribution >= 0.6 is 0 Å². The van der Waals surface area contributed by atoms with E-state index < -0.39 is 0 Å². The van der Waals surface area contributed by atoms with E-state index in [1.165, 1.54) is 19.3 Å². The van der Waals surface area contributed by atoms with Gasteiger partial charge in [-0.3, -0.25) is 4.79 Å². The number of hydrogen-bond donors (Lipinski definition) is 3. The first-order valence-corrected chi connectivity index (χ1v) is 13.3. The zero-order valence-electron chi connectivity index (χ0n) is 20.4. The van der Waals surface area contributed by atoms with Gasteiger partial charge in [-0.2, -0.15) is 0 Å². The fraction of sp³-hybridized carbons (Fsp3) is 0.704. The van der Waals surface area contributed by atoms with Gasteiger partial charge >= 0.3 is 6.03 Å². The molecule has 35 heavy (non-hydrogen) atoms. The fourth-order valence-electron chi connectivity index (χ4n) is 7.75. The lowest BCUT2D eigenvalue weighted by Crippen LogP contribution is -2.61. The molecule has 1 aromatic carbocycles. The summed E-state index contributed by atoms with van der Waals surface area (Å²) in [7, 11) is 0. The van der Waals surface area contributed by atoms with Crippen LogP contribution in [-0.2, 0) is 14.9 Å². The molecule has 4 aliphatic carbocycles. The number of fused-ring (bicyclic) bond motifs is 1. The first-order chi connectivity index (χ1) is 17.0. The maximum Gasteiger partial charge on any atom is 0.315 e. The zero-order valence-corrected chi connectivity index (χ0v) is 20.4. The van der Waals surface area contributed by atoms with Crippen LogP contribution < -0.4 is 25.4 Å². The monoisotopic (exact) mass is 483 g/mol. The van der Waals surface area contributed by atoms with Crippen molar-refractivity contribution in [2.24, 2.45) is 17.8 Å². The maximum atomic E-state index is 12.7. The molecule has 1 saturated heterocycles. The molecule has 2 heterocycles. The van der Waals surface area contributed by atoms with E-state index in [9.17, 15) is 9.59 Å². The molecule has 4 bridgehead atoms. The van der Waals surface area contributed by atoms with E-state index in [4.69, 9.17) is 14.2 Å². The Labute approximate surface area is 206 Å². The Bertz CT molecular complexity index is 938. The van der Waals surface area contributed by atoms with Crippen LogP contribution in [0.3, 0.4) is 0 Å². The molecule has 0 spiro atoms. The molecule has 3 amide bonds. The smallest absolute Gasteiger partial charge is 0.315 e. The van der Waals surface area contributed by atoms with Crippen LogP contribution in [0.2, 0.25) is 0 Å². The van der Waals surface area contributed by atoms with Crippen LogP contribution in [0.4, 0.5) is 4.79 Å². The molecule has 8 heteroatoms. The van der Waals surface area contributed by atoms with Crippen LogP contribution in [-0.4, -0.2) is 50.6 Å². The van der Waals surface area contributed by atoms with Gasteiger partial charge in [0.15, 0.2) is 11.5 Å². The summed E-state index contributed by atoms with van der Waals surface area (Å²) in [5.74, 6) is 3.83. The van der Waals surface area contributed by atoms with Crippen LogP contribution in [0, 0.1) is 17.8 Å². The molecule has 0 aromatic heterocycles. The van der Waals surface area contributed by atoms with Gasteiger partial charge in [-0.05, 0) is 86.8 Å². The highest BCUT2D eigenvalue weighted by Crippen LogP contribution is 2.55. The first kappa shape index (κ1) is 23.0. The van der Waals surface area contributed by atoms with Gasteiger partial charge in [-0.15, -0.1) is 0 Å². The third kappa shape index (κ3) is 4.69. The topological polar surface area (TPSA) is 97.9 Å². The molecular formula is C27H37N3O5. The summed E-state index contributed by atoms with van der Waals surface area (Å²) >= 11 is 0. The van der Waals surface area contributed by atoms with E-state index in [0.717, 1.165) is 66.9 Å². The van der Waals surface area contributed by atoms with Gasteiger partial charge in [0, 0.05) is 43.7 Å². The minimum atomic E-state index is -0.196. The van der Waals surface area contributed by atoms with E-state index in [2.05, 4.69) is 22.0 Å².